The number of hydrogen-bond acceptors (Lipinski definition) is 3. The first kappa shape index (κ1) is 14.0. The Hall–Kier alpha value is -1.10. The third-order valence-electron chi connectivity index (χ3n) is 3.43. The van der Waals surface area contributed by atoms with Crippen LogP contribution in [0.3, 0.4) is 0 Å². The molecule has 1 saturated heterocycles. The van der Waals surface area contributed by atoms with Crippen LogP contribution >= 0.6 is 0 Å². The molecule has 0 radical (unpaired) electrons. The van der Waals surface area contributed by atoms with Crippen LogP contribution in [-0.4, -0.2) is 31.4 Å². The van der Waals surface area contributed by atoms with E-state index in [1.807, 2.05) is 0 Å². The number of piperidine rings is 1. The second kappa shape index (κ2) is 6.59. The number of carbonyl (C=O) groups is 2. The van der Waals surface area contributed by atoms with E-state index in [1.54, 1.807) is 0 Å². The molecular formula is C12H23N3O2. The SMILES string of the molecule is CCCC1(C(=O)NCCC(N)=O)CCNCC1. The molecule has 0 atom stereocenters. The average molecular weight is 241 g/mol. The van der Waals surface area contributed by atoms with Crippen molar-refractivity contribution < 1.29 is 9.59 Å². The van der Waals surface area contributed by atoms with E-state index in [1.165, 1.54) is 0 Å². The zero-order valence-corrected chi connectivity index (χ0v) is 10.6. The molecule has 1 heterocycles. The van der Waals surface area contributed by atoms with E-state index in [0.717, 1.165) is 38.8 Å². The van der Waals surface area contributed by atoms with Gasteiger partial charge in [-0.05, 0) is 32.4 Å². The highest BCUT2D eigenvalue weighted by molar-refractivity contribution is 5.83. The van der Waals surface area contributed by atoms with Crippen molar-refractivity contribution in [1.82, 2.24) is 10.6 Å². The maximum Gasteiger partial charge on any atom is 0.226 e. The Labute approximate surface area is 103 Å². The Balaban J connectivity index is 2.50. The van der Waals surface area contributed by atoms with Crippen molar-refractivity contribution in [1.29, 1.82) is 0 Å². The van der Waals surface area contributed by atoms with E-state index < -0.39 is 0 Å². The Kier molecular flexibility index (Phi) is 5.41. The summed E-state index contributed by atoms with van der Waals surface area (Å²) in [4.78, 5) is 22.8. The molecule has 98 valence electrons. The zero-order valence-electron chi connectivity index (χ0n) is 10.6. The van der Waals surface area contributed by atoms with Crippen molar-refractivity contribution in [2.75, 3.05) is 19.6 Å². The summed E-state index contributed by atoms with van der Waals surface area (Å²) in [7, 11) is 0. The van der Waals surface area contributed by atoms with Gasteiger partial charge in [-0.15, -0.1) is 0 Å². The van der Waals surface area contributed by atoms with Gasteiger partial charge in [0.05, 0.1) is 5.41 Å². The molecule has 0 spiro atoms. The van der Waals surface area contributed by atoms with Gasteiger partial charge in [-0.3, -0.25) is 9.59 Å². The van der Waals surface area contributed by atoms with Gasteiger partial charge in [0.1, 0.15) is 0 Å². The topological polar surface area (TPSA) is 84.2 Å². The number of primary amides is 1. The fourth-order valence-corrected chi connectivity index (χ4v) is 2.46. The van der Waals surface area contributed by atoms with Crippen LogP contribution in [0.25, 0.3) is 0 Å². The van der Waals surface area contributed by atoms with Gasteiger partial charge in [-0.1, -0.05) is 13.3 Å². The lowest BCUT2D eigenvalue weighted by Gasteiger charge is -2.36. The Morgan fingerprint density at radius 1 is 1.35 bits per heavy atom. The van der Waals surface area contributed by atoms with Crippen LogP contribution in [-0.2, 0) is 9.59 Å². The highest BCUT2D eigenvalue weighted by Crippen LogP contribution is 2.34. The molecule has 1 aliphatic rings. The van der Waals surface area contributed by atoms with Gasteiger partial charge in [-0.2, -0.15) is 0 Å². The second-order valence-corrected chi connectivity index (χ2v) is 4.75. The van der Waals surface area contributed by atoms with E-state index in [-0.39, 0.29) is 23.7 Å². The molecule has 0 aromatic heterocycles. The fourth-order valence-electron chi connectivity index (χ4n) is 2.46. The molecule has 4 N–H and O–H groups in total. The minimum absolute atomic E-state index is 0.0853. The molecule has 17 heavy (non-hydrogen) atoms. The Morgan fingerprint density at radius 3 is 2.53 bits per heavy atom. The Morgan fingerprint density at radius 2 is 2.00 bits per heavy atom. The van der Waals surface area contributed by atoms with Gasteiger partial charge in [0.15, 0.2) is 0 Å². The summed E-state index contributed by atoms with van der Waals surface area (Å²) < 4.78 is 0. The van der Waals surface area contributed by atoms with Crippen molar-refractivity contribution in [3.05, 3.63) is 0 Å². The maximum atomic E-state index is 12.2. The van der Waals surface area contributed by atoms with Crippen LogP contribution in [0, 0.1) is 5.41 Å². The molecule has 0 bridgehead atoms. The molecule has 0 saturated carbocycles. The molecule has 0 aromatic rings. The first-order chi connectivity index (χ1) is 8.10. The molecule has 0 aromatic carbocycles. The minimum atomic E-state index is -0.375. The molecule has 0 aliphatic carbocycles. The van der Waals surface area contributed by atoms with Crippen molar-refractivity contribution >= 4 is 11.8 Å². The largest absolute Gasteiger partial charge is 0.370 e. The van der Waals surface area contributed by atoms with Crippen LogP contribution < -0.4 is 16.4 Å². The van der Waals surface area contributed by atoms with Gasteiger partial charge >= 0.3 is 0 Å². The van der Waals surface area contributed by atoms with Gasteiger partial charge in [-0.25, -0.2) is 0 Å². The third kappa shape index (κ3) is 4.00. The summed E-state index contributed by atoms with van der Waals surface area (Å²) in [6.45, 7) is 4.24. The first-order valence-electron chi connectivity index (χ1n) is 6.38. The Bertz CT molecular complexity index is 267. The molecule has 1 rings (SSSR count). The predicted octanol–water partition coefficient (Wildman–Crippen LogP) is 0.148. The quantitative estimate of drug-likeness (QED) is 0.619. The smallest absolute Gasteiger partial charge is 0.226 e. The zero-order chi connectivity index (χ0) is 12.7. The van der Waals surface area contributed by atoms with Crippen LogP contribution in [0.4, 0.5) is 0 Å². The lowest BCUT2D eigenvalue weighted by atomic mass is 9.74. The summed E-state index contributed by atoms with van der Waals surface area (Å²) in [5, 5.41) is 6.11. The molecule has 1 fully saturated rings. The summed E-state index contributed by atoms with van der Waals surface area (Å²) in [6, 6.07) is 0. The number of carbonyl (C=O) groups excluding carboxylic acids is 2. The van der Waals surface area contributed by atoms with Crippen molar-refractivity contribution in [2.45, 2.75) is 39.0 Å². The van der Waals surface area contributed by atoms with E-state index in [9.17, 15) is 9.59 Å². The van der Waals surface area contributed by atoms with Gasteiger partial charge in [0, 0.05) is 13.0 Å². The number of hydrogen-bond donors (Lipinski definition) is 3. The van der Waals surface area contributed by atoms with Gasteiger partial charge < -0.3 is 16.4 Å². The third-order valence-corrected chi connectivity index (χ3v) is 3.43. The summed E-state index contributed by atoms with van der Waals surface area (Å²) >= 11 is 0. The summed E-state index contributed by atoms with van der Waals surface area (Å²) in [5.74, 6) is -0.290. The highest BCUT2D eigenvalue weighted by atomic mass is 16.2. The minimum Gasteiger partial charge on any atom is -0.370 e. The van der Waals surface area contributed by atoms with Crippen LogP contribution in [0.5, 0.6) is 0 Å². The van der Waals surface area contributed by atoms with E-state index in [2.05, 4.69) is 17.6 Å². The van der Waals surface area contributed by atoms with Crippen LogP contribution in [0.2, 0.25) is 0 Å². The summed E-state index contributed by atoms with van der Waals surface area (Å²) in [6.07, 6.45) is 3.89. The normalized spacial score (nSPS) is 18.6. The molecule has 0 unspecified atom stereocenters. The van der Waals surface area contributed by atoms with Crippen molar-refractivity contribution in [3.8, 4) is 0 Å². The fraction of sp³-hybridized carbons (Fsp3) is 0.833. The van der Waals surface area contributed by atoms with Crippen molar-refractivity contribution in [3.63, 3.8) is 0 Å². The van der Waals surface area contributed by atoms with Gasteiger partial charge in [0.25, 0.3) is 0 Å². The van der Waals surface area contributed by atoms with Crippen LogP contribution in [0.1, 0.15) is 39.0 Å². The predicted molar refractivity (Wildman–Crippen MR) is 66.3 cm³/mol. The second-order valence-electron chi connectivity index (χ2n) is 4.75. The number of amides is 2. The average Bonchev–Trinajstić information content (AvgIpc) is 2.30. The van der Waals surface area contributed by atoms with Gasteiger partial charge in [0.2, 0.25) is 11.8 Å². The van der Waals surface area contributed by atoms with E-state index >= 15 is 0 Å². The number of nitrogens with one attached hydrogen (secondary N) is 2. The maximum absolute atomic E-state index is 12.2. The van der Waals surface area contributed by atoms with Crippen molar-refractivity contribution in [2.24, 2.45) is 11.1 Å². The van der Waals surface area contributed by atoms with E-state index in [0.29, 0.717) is 6.54 Å². The molecule has 5 nitrogen and oxygen atoms in total. The van der Waals surface area contributed by atoms with E-state index in [4.69, 9.17) is 5.73 Å². The number of rotatable bonds is 6. The molecule has 5 heteroatoms. The lowest BCUT2D eigenvalue weighted by Crippen LogP contribution is -2.48. The van der Waals surface area contributed by atoms with Crippen LogP contribution in [0.15, 0.2) is 0 Å². The molecule has 2 amide bonds. The monoisotopic (exact) mass is 241 g/mol. The summed E-state index contributed by atoms with van der Waals surface area (Å²) in [5.41, 5.74) is 4.81. The molecule has 1 aliphatic heterocycles. The lowest BCUT2D eigenvalue weighted by molar-refractivity contribution is -0.133. The molecular weight excluding hydrogens is 218 g/mol. The number of nitrogens with two attached hydrogens (primary N) is 1. The first-order valence-corrected chi connectivity index (χ1v) is 6.38. The highest BCUT2D eigenvalue weighted by Gasteiger charge is 2.38. The standard InChI is InChI=1S/C12H23N3O2/c1-2-4-12(5-8-14-9-6-12)11(17)15-7-3-10(13)16/h14H,2-9H2,1H3,(H2,13,16)(H,15,17).